The highest BCUT2D eigenvalue weighted by molar-refractivity contribution is 5.71. The van der Waals surface area contributed by atoms with E-state index in [0.717, 1.165) is 0 Å². The quantitative estimate of drug-likeness (QED) is 0.842. The van der Waals surface area contributed by atoms with Crippen molar-refractivity contribution in [1.29, 1.82) is 0 Å². The number of nitrogen functional groups attached to an aromatic ring is 1. The van der Waals surface area contributed by atoms with Crippen LogP contribution in [0.25, 0.3) is 11.1 Å². The Labute approximate surface area is 92.7 Å². The molecule has 0 aliphatic rings. The fourth-order valence-electron chi connectivity index (χ4n) is 1.50. The van der Waals surface area contributed by atoms with E-state index >= 15 is 0 Å². The first-order chi connectivity index (χ1) is 7.72. The van der Waals surface area contributed by atoms with Crippen LogP contribution in [0.1, 0.15) is 0 Å². The fraction of sp³-hybridized carbons (Fsp3) is 0.0833. The van der Waals surface area contributed by atoms with E-state index in [2.05, 4.69) is 4.98 Å². The maximum Gasteiger partial charge on any atom is 0.132 e. The normalized spacial score (nSPS) is 10.1. The summed E-state index contributed by atoms with van der Waals surface area (Å²) in [6.45, 7) is 0. The summed E-state index contributed by atoms with van der Waals surface area (Å²) in [6.07, 6.45) is 1.51. The Morgan fingerprint density at radius 3 is 2.69 bits per heavy atom. The van der Waals surface area contributed by atoms with Gasteiger partial charge >= 0.3 is 0 Å². The molecule has 2 aromatic rings. The molecule has 3 nitrogen and oxygen atoms in total. The number of nitrogens with two attached hydrogens (primary N) is 1. The van der Waals surface area contributed by atoms with Gasteiger partial charge in [-0.1, -0.05) is 18.2 Å². The molecule has 0 saturated carbocycles. The molecule has 0 amide bonds. The van der Waals surface area contributed by atoms with Gasteiger partial charge in [0.2, 0.25) is 0 Å². The van der Waals surface area contributed by atoms with Crippen LogP contribution >= 0.6 is 0 Å². The first-order valence-corrected chi connectivity index (χ1v) is 4.77. The number of ether oxygens (including phenoxy) is 1. The highest BCUT2D eigenvalue weighted by Gasteiger charge is 2.10. The van der Waals surface area contributed by atoms with Crippen LogP contribution in [0.4, 0.5) is 10.2 Å². The van der Waals surface area contributed by atoms with Gasteiger partial charge in [0.05, 0.1) is 7.11 Å². The molecule has 2 rings (SSSR count). The average molecular weight is 218 g/mol. The molecule has 0 radical (unpaired) electrons. The molecule has 2 N–H and O–H groups in total. The van der Waals surface area contributed by atoms with Crippen LogP contribution in [-0.4, -0.2) is 12.1 Å². The Hall–Kier alpha value is -2.10. The van der Waals surface area contributed by atoms with Gasteiger partial charge in [-0.2, -0.15) is 0 Å². The van der Waals surface area contributed by atoms with Crippen molar-refractivity contribution in [3.05, 3.63) is 42.3 Å². The molecule has 4 heteroatoms. The highest BCUT2D eigenvalue weighted by Crippen LogP contribution is 2.31. The van der Waals surface area contributed by atoms with Gasteiger partial charge in [-0.3, -0.25) is 0 Å². The minimum absolute atomic E-state index is 0.313. The Morgan fingerprint density at radius 2 is 2.00 bits per heavy atom. The number of rotatable bonds is 2. The van der Waals surface area contributed by atoms with Gasteiger partial charge in [-0.05, 0) is 6.07 Å². The molecular formula is C12H11FN2O. The smallest absolute Gasteiger partial charge is 0.132 e. The van der Waals surface area contributed by atoms with Gasteiger partial charge in [0.15, 0.2) is 0 Å². The van der Waals surface area contributed by atoms with Crippen LogP contribution in [0.3, 0.4) is 0 Å². The molecule has 1 aromatic carbocycles. The number of halogens is 1. The largest absolute Gasteiger partial charge is 0.496 e. The Kier molecular flexibility index (Phi) is 2.72. The minimum Gasteiger partial charge on any atom is -0.496 e. The first-order valence-electron chi connectivity index (χ1n) is 4.77. The van der Waals surface area contributed by atoms with Crippen LogP contribution in [-0.2, 0) is 0 Å². The van der Waals surface area contributed by atoms with E-state index in [-0.39, 0.29) is 5.82 Å². The topological polar surface area (TPSA) is 48.1 Å². The zero-order chi connectivity index (χ0) is 11.5. The predicted octanol–water partition coefficient (Wildman–Crippen LogP) is 2.48. The molecule has 0 fully saturated rings. The van der Waals surface area contributed by atoms with Crippen LogP contribution in [0.2, 0.25) is 0 Å². The zero-order valence-electron chi connectivity index (χ0n) is 8.77. The van der Waals surface area contributed by atoms with Crippen molar-refractivity contribution in [2.45, 2.75) is 0 Å². The molecule has 1 aromatic heterocycles. The van der Waals surface area contributed by atoms with Gasteiger partial charge in [0, 0.05) is 23.4 Å². The summed E-state index contributed by atoms with van der Waals surface area (Å²) >= 11 is 0. The van der Waals surface area contributed by atoms with Crippen molar-refractivity contribution in [1.82, 2.24) is 4.98 Å². The fourth-order valence-corrected chi connectivity index (χ4v) is 1.50. The maximum atomic E-state index is 13.6. The molecule has 0 spiro atoms. The molecule has 0 atom stereocenters. The molecule has 0 bridgehead atoms. The number of aromatic nitrogens is 1. The number of pyridine rings is 1. The number of nitrogens with zero attached hydrogens (tertiary/aromatic N) is 1. The third-order valence-electron chi connectivity index (χ3n) is 2.27. The molecule has 16 heavy (non-hydrogen) atoms. The molecule has 0 aliphatic heterocycles. The Bertz CT molecular complexity index is 514. The summed E-state index contributed by atoms with van der Waals surface area (Å²) < 4.78 is 18.7. The van der Waals surface area contributed by atoms with Crippen LogP contribution in [0, 0.1) is 5.82 Å². The number of benzene rings is 1. The van der Waals surface area contributed by atoms with E-state index in [0.29, 0.717) is 22.7 Å². The van der Waals surface area contributed by atoms with E-state index in [4.69, 9.17) is 10.5 Å². The molecule has 0 aliphatic carbocycles. The lowest BCUT2D eigenvalue weighted by atomic mass is 10.1. The number of methoxy groups -OCH3 is 1. The lowest BCUT2D eigenvalue weighted by Gasteiger charge is -2.09. The number of hydrogen-bond donors (Lipinski definition) is 1. The molecule has 0 unspecified atom stereocenters. The second kappa shape index (κ2) is 4.18. The summed E-state index contributed by atoms with van der Waals surface area (Å²) in [5, 5.41) is 0. The van der Waals surface area contributed by atoms with Gasteiger partial charge in [0.1, 0.15) is 17.4 Å². The van der Waals surface area contributed by atoms with Crippen LogP contribution in [0.5, 0.6) is 5.75 Å². The second-order valence-corrected chi connectivity index (χ2v) is 3.29. The van der Waals surface area contributed by atoms with E-state index in [1.807, 2.05) is 0 Å². The SMILES string of the molecule is COc1cc(N)ncc1-c1ccccc1F. The van der Waals surface area contributed by atoms with Crippen molar-refractivity contribution in [3.63, 3.8) is 0 Å². The molecule has 1 heterocycles. The lowest BCUT2D eigenvalue weighted by molar-refractivity contribution is 0.416. The summed E-state index contributed by atoms with van der Waals surface area (Å²) in [5.74, 6) is 0.543. The van der Waals surface area contributed by atoms with Crippen molar-refractivity contribution >= 4 is 5.82 Å². The van der Waals surface area contributed by atoms with Crippen LogP contribution in [0.15, 0.2) is 36.5 Å². The zero-order valence-corrected chi connectivity index (χ0v) is 8.77. The summed E-state index contributed by atoms with van der Waals surface area (Å²) in [5.41, 5.74) is 6.58. The van der Waals surface area contributed by atoms with Gasteiger partial charge in [-0.25, -0.2) is 9.37 Å². The van der Waals surface area contributed by atoms with Crippen molar-refractivity contribution < 1.29 is 9.13 Å². The first kappa shape index (κ1) is 10.4. The standard InChI is InChI=1S/C12H11FN2O/c1-16-11-6-12(14)15-7-9(11)8-4-2-3-5-10(8)13/h2-7H,1H3,(H2,14,15). The summed E-state index contributed by atoms with van der Waals surface area (Å²) in [4.78, 5) is 3.94. The van der Waals surface area contributed by atoms with E-state index in [9.17, 15) is 4.39 Å². The molecular weight excluding hydrogens is 207 g/mol. The Balaban J connectivity index is 2.60. The third kappa shape index (κ3) is 1.82. The summed E-state index contributed by atoms with van der Waals surface area (Å²) in [6, 6.07) is 8.03. The number of anilines is 1. The van der Waals surface area contributed by atoms with Gasteiger partial charge < -0.3 is 10.5 Å². The maximum absolute atomic E-state index is 13.6. The van der Waals surface area contributed by atoms with E-state index in [1.54, 1.807) is 24.3 Å². The minimum atomic E-state index is -0.313. The predicted molar refractivity (Wildman–Crippen MR) is 60.6 cm³/mol. The second-order valence-electron chi connectivity index (χ2n) is 3.29. The highest BCUT2D eigenvalue weighted by atomic mass is 19.1. The average Bonchev–Trinajstić information content (AvgIpc) is 2.30. The lowest BCUT2D eigenvalue weighted by Crippen LogP contribution is -1.95. The van der Waals surface area contributed by atoms with Gasteiger partial charge in [0.25, 0.3) is 0 Å². The van der Waals surface area contributed by atoms with Crippen molar-refractivity contribution in [3.8, 4) is 16.9 Å². The Morgan fingerprint density at radius 1 is 1.25 bits per heavy atom. The van der Waals surface area contributed by atoms with Crippen molar-refractivity contribution in [2.24, 2.45) is 0 Å². The number of hydrogen-bond acceptors (Lipinski definition) is 3. The van der Waals surface area contributed by atoms with E-state index < -0.39 is 0 Å². The van der Waals surface area contributed by atoms with Gasteiger partial charge in [-0.15, -0.1) is 0 Å². The third-order valence-corrected chi connectivity index (χ3v) is 2.27. The molecule has 82 valence electrons. The van der Waals surface area contributed by atoms with E-state index in [1.165, 1.54) is 19.4 Å². The summed E-state index contributed by atoms with van der Waals surface area (Å²) in [7, 11) is 1.51. The van der Waals surface area contributed by atoms with Crippen LogP contribution < -0.4 is 10.5 Å². The monoisotopic (exact) mass is 218 g/mol. The molecule has 0 saturated heterocycles. The van der Waals surface area contributed by atoms with Crippen molar-refractivity contribution in [2.75, 3.05) is 12.8 Å².